The molecule has 0 aliphatic heterocycles. The Kier molecular flexibility index (Phi) is 6.32. The highest BCUT2D eigenvalue weighted by Gasteiger charge is 2.11. The zero-order chi connectivity index (χ0) is 20.1. The lowest BCUT2D eigenvalue weighted by Gasteiger charge is -2.08. The number of hydrogen-bond donors (Lipinski definition) is 1. The van der Waals surface area contributed by atoms with E-state index in [1.165, 1.54) is 6.21 Å². The second kappa shape index (κ2) is 8.89. The summed E-state index contributed by atoms with van der Waals surface area (Å²) in [6.07, 6.45) is 1.49. The number of benzene rings is 1. The highest BCUT2D eigenvalue weighted by atomic mass is 35.5. The predicted molar refractivity (Wildman–Crippen MR) is 110 cm³/mol. The Morgan fingerprint density at radius 2 is 2.11 bits per heavy atom. The summed E-state index contributed by atoms with van der Waals surface area (Å²) in [7, 11) is 1.57. The van der Waals surface area contributed by atoms with Crippen LogP contribution in [0.5, 0.6) is 0 Å². The number of nitriles is 1. The Bertz CT molecular complexity index is 1070. The standard InChI is InChI=1S/C20H16Cl2N4O2/c1-12-7-13(11-27-2)17(9-23)20(25-12)26-24-10-15-4-6-19(28-15)16-8-14(21)3-5-18(16)22/h3-8,10H,11H2,1-2H3,(H,25,26)/b24-10+. The van der Waals surface area contributed by atoms with Crippen molar-refractivity contribution in [2.45, 2.75) is 13.5 Å². The molecular formula is C20H16Cl2N4O2. The molecule has 2 aromatic heterocycles. The maximum Gasteiger partial charge on any atom is 0.164 e. The molecule has 0 radical (unpaired) electrons. The summed E-state index contributed by atoms with van der Waals surface area (Å²) in [6, 6.07) is 12.6. The van der Waals surface area contributed by atoms with E-state index in [0.29, 0.717) is 45.1 Å². The van der Waals surface area contributed by atoms with Crippen molar-refractivity contribution in [1.82, 2.24) is 4.98 Å². The number of hydrazone groups is 1. The number of halogens is 2. The molecule has 3 aromatic rings. The van der Waals surface area contributed by atoms with Gasteiger partial charge in [-0.3, -0.25) is 5.43 Å². The highest BCUT2D eigenvalue weighted by molar-refractivity contribution is 6.35. The summed E-state index contributed by atoms with van der Waals surface area (Å²) in [5.41, 5.74) is 5.36. The van der Waals surface area contributed by atoms with E-state index in [9.17, 15) is 5.26 Å². The molecule has 3 rings (SSSR count). The van der Waals surface area contributed by atoms with Crippen LogP contribution < -0.4 is 5.43 Å². The number of aryl methyl sites for hydroxylation is 1. The molecule has 0 atom stereocenters. The van der Waals surface area contributed by atoms with E-state index >= 15 is 0 Å². The lowest BCUT2D eigenvalue weighted by Crippen LogP contribution is -2.03. The molecule has 28 heavy (non-hydrogen) atoms. The third kappa shape index (κ3) is 4.52. The fraction of sp³-hybridized carbons (Fsp3) is 0.150. The van der Waals surface area contributed by atoms with E-state index in [0.717, 1.165) is 11.3 Å². The third-order valence-electron chi connectivity index (χ3n) is 3.82. The zero-order valence-corrected chi connectivity index (χ0v) is 16.7. The second-order valence-corrected chi connectivity index (χ2v) is 6.73. The Hall–Kier alpha value is -2.85. The van der Waals surface area contributed by atoms with Crippen LogP contribution >= 0.6 is 23.2 Å². The molecule has 1 aromatic carbocycles. The van der Waals surface area contributed by atoms with Gasteiger partial charge >= 0.3 is 0 Å². The van der Waals surface area contributed by atoms with E-state index < -0.39 is 0 Å². The summed E-state index contributed by atoms with van der Waals surface area (Å²) in [5, 5.41) is 14.7. The van der Waals surface area contributed by atoms with Crippen molar-refractivity contribution >= 4 is 35.2 Å². The van der Waals surface area contributed by atoms with Crippen LogP contribution in [-0.4, -0.2) is 18.3 Å². The Labute approximate surface area is 172 Å². The fourth-order valence-corrected chi connectivity index (χ4v) is 3.01. The smallest absolute Gasteiger partial charge is 0.164 e. The molecule has 6 nitrogen and oxygen atoms in total. The Balaban J connectivity index is 1.80. The first-order chi connectivity index (χ1) is 13.5. The first-order valence-corrected chi connectivity index (χ1v) is 9.01. The lowest BCUT2D eigenvalue weighted by molar-refractivity contribution is 0.184. The number of ether oxygens (including phenoxy) is 1. The average molecular weight is 415 g/mol. The van der Waals surface area contributed by atoms with Gasteiger partial charge in [-0.05, 0) is 43.3 Å². The van der Waals surface area contributed by atoms with Gasteiger partial charge in [0.05, 0.1) is 17.8 Å². The number of hydrogen-bond acceptors (Lipinski definition) is 6. The lowest BCUT2D eigenvalue weighted by atomic mass is 10.1. The molecule has 0 saturated carbocycles. The summed E-state index contributed by atoms with van der Waals surface area (Å²) in [5.74, 6) is 1.43. The van der Waals surface area contributed by atoms with Crippen LogP contribution in [0, 0.1) is 18.3 Å². The normalized spacial score (nSPS) is 11.0. The van der Waals surface area contributed by atoms with Crippen molar-refractivity contribution in [3.05, 3.63) is 69.0 Å². The number of furan rings is 1. The van der Waals surface area contributed by atoms with Crippen molar-refractivity contribution in [3.8, 4) is 17.4 Å². The van der Waals surface area contributed by atoms with Gasteiger partial charge in [0.25, 0.3) is 0 Å². The molecule has 0 aliphatic carbocycles. The summed E-state index contributed by atoms with van der Waals surface area (Å²) in [4.78, 5) is 4.33. The fourth-order valence-electron chi connectivity index (χ4n) is 2.63. The topological polar surface area (TPSA) is 83.4 Å². The molecule has 8 heteroatoms. The van der Waals surface area contributed by atoms with Gasteiger partial charge < -0.3 is 9.15 Å². The molecule has 0 unspecified atom stereocenters. The van der Waals surface area contributed by atoms with Gasteiger partial charge in [0.15, 0.2) is 5.82 Å². The van der Waals surface area contributed by atoms with Gasteiger partial charge in [-0.25, -0.2) is 4.98 Å². The van der Waals surface area contributed by atoms with Gasteiger partial charge in [0.2, 0.25) is 0 Å². The number of rotatable bonds is 6. The van der Waals surface area contributed by atoms with Crippen LogP contribution in [0.2, 0.25) is 10.0 Å². The first kappa shape index (κ1) is 19.9. The predicted octanol–water partition coefficient (Wildman–Crippen LogP) is 5.42. The van der Waals surface area contributed by atoms with Gasteiger partial charge in [0.1, 0.15) is 23.2 Å². The van der Waals surface area contributed by atoms with Crippen LogP contribution in [0.1, 0.15) is 22.6 Å². The van der Waals surface area contributed by atoms with E-state index in [1.54, 1.807) is 37.4 Å². The van der Waals surface area contributed by atoms with Crippen molar-refractivity contribution in [1.29, 1.82) is 5.26 Å². The number of pyridine rings is 1. The largest absolute Gasteiger partial charge is 0.455 e. The molecule has 1 N–H and O–H groups in total. The minimum atomic E-state index is 0.312. The Morgan fingerprint density at radius 3 is 2.86 bits per heavy atom. The number of nitrogens with zero attached hydrogens (tertiary/aromatic N) is 3. The molecule has 0 amide bonds. The van der Waals surface area contributed by atoms with Crippen LogP contribution in [-0.2, 0) is 11.3 Å². The number of nitrogens with one attached hydrogen (secondary N) is 1. The quantitative estimate of drug-likeness (QED) is 0.429. The summed E-state index contributed by atoms with van der Waals surface area (Å²) < 4.78 is 10.9. The van der Waals surface area contributed by atoms with Crippen LogP contribution in [0.15, 0.2) is 45.9 Å². The first-order valence-electron chi connectivity index (χ1n) is 8.25. The van der Waals surface area contributed by atoms with Gasteiger partial charge in [-0.2, -0.15) is 10.4 Å². The van der Waals surface area contributed by atoms with Crippen LogP contribution in [0.25, 0.3) is 11.3 Å². The molecule has 142 valence electrons. The summed E-state index contributed by atoms with van der Waals surface area (Å²) in [6.45, 7) is 2.15. The maximum atomic E-state index is 9.43. The van der Waals surface area contributed by atoms with Crippen molar-refractivity contribution in [2.75, 3.05) is 12.5 Å². The second-order valence-electron chi connectivity index (χ2n) is 5.89. The van der Waals surface area contributed by atoms with E-state index in [2.05, 4.69) is 21.6 Å². The molecule has 0 spiro atoms. The highest BCUT2D eigenvalue weighted by Crippen LogP contribution is 2.31. The van der Waals surface area contributed by atoms with E-state index in [4.69, 9.17) is 32.4 Å². The number of anilines is 1. The van der Waals surface area contributed by atoms with Crippen LogP contribution in [0.3, 0.4) is 0 Å². The monoisotopic (exact) mass is 414 g/mol. The van der Waals surface area contributed by atoms with Crippen molar-refractivity contribution in [2.24, 2.45) is 5.10 Å². The zero-order valence-electron chi connectivity index (χ0n) is 15.2. The maximum absolute atomic E-state index is 9.43. The minimum absolute atomic E-state index is 0.312. The molecule has 0 bridgehead atoms. The SMILES string of the molecule is COCc1cc(C)nc(N/N=C/c2ccc(-c3cc(Cl)ccc3Cl)o2)c1C#N. The van der Waals surface area contributed by atoms with Gasteiger partial charge in [-0.15, -0.1) is 0 Å². The van der Waals surface area contributed by atoms with E-state index in [-0.39, 0.29) is 0 Å². The van der Waals surface area contributed by atoms with Crippen molar-refractivity contribution in [3.63, 3.8) is 0 Å². The van der Waals surface area contributed by atoms with Gasteiger partial charge in [-0.1, -0.05) is 23.2 Å². The molecule has 0 fully saturated rings. The van der Waals surface area contributed by atoms with E-state index in [1.807, 2.05) is 13.0 Å². The molecule has 0 saturated heterocycles. The Morgan fingerprint density at radius 1 is 1.29 bits per heavy atom. The number of methoxy groups -OCH3 is 1. The number of aromatic nitrogens is 1. The minimum Gasteiger partial charge on any atom is -0.455 e. The van der Waals surface area contributed by atoms with Gasteiger partial charge in [0, 0.05) is 29.0 Å². The summed E-state index contributed by atoms with van der Waals surface area (Å²) >= 11 is 12.2. The van der Waals surface area contributed by atoms with Crippen LogP contribution in [0.4, 0.5) is 5.82 Å². The average Bonchev–Trinajstić information content (AvgIpc) is 3.12. The molecule has 2 heterocycles. The third-order valence-corrected chi connectivity index (χ3v) is 4.39. The molecular weight excluding hydrogens is 399 g/mol. The van der Waals surface area contributed by atoms with Crippen molar-refractivity contribution < 1.29 is 9.15 Å². The molecule has 0 aliphatic rings.